The van der Waals surface area contributed by atoms with Crippen LogP contribution in [0.2, 0.25) is 0 Å². The summed E-state index contributed by atoms with van der Waals surface area (Å²) >= 11 is 3.30. The Morgan fingerprint density at radius 2 is 2.00 bits per heavy atom. The van der Waals surface area contributed by atoms with Gasteiger partial charge in [-0.05, 0) is 52.3 Å². The fourth-order valence-corrected chi connectivity index (χ4v) is 2.24. The fourth-order valence-electron chi connectivity index (χ4n) is 1.71. The molecule has 0 atom stereocenters. The third-order valence-corrected chi connectivity index (χ3v) is 3.26. The minimum Gasteiger partial charge on any atom is -0.497 e. The lowest BCUT2D eigenvalue weighted by Crippen LogP contribution is -2.04. The van der Waals surface area contributed by atoms with Gasteiger partial charge in [0, 0.05) is 21.3 Å². The lowest BCUT2D eigenvalue weighted by molar-refractivity contribution is 0.103. The molecule has 0 aliphatic rings. The normalized spacial score (nSPS) is 10.3. The number of carbonyl (C=O) groups excluding carboxylic acids is 1. The summed E-state index contributed by atoms with van der Waals surface area (Å²) in [5.74, 6) is -0.212. The number of hydrogen-bond donors (Lipinski definition) is 1. The first-order valence-electron chi connectivity index (χ1n) is 5.45. The van der Waals surface area contributed by atoms with Crippen molar-refractivity contribution in [2.24, 2.45) is 0 Å². The van der Waals surface area contributed by atoms with Gasteiger partial charge < -0.3 is 10.5 Å². The standard InChI is InChI=1S/C14H11BrFNO2/c1-19-11-2-3-12(13(15)7-11)14(18)8-4-9(16)6-10(17)5-8/h2-7H,17H2,1H3. The van der Waals surface area contributed by atoms with Gasteiger partial charge in [0.1, 0.15) is 11.6 Å². The number of nitrogen functional groups attached to an aromatic ring is 1. The molecule has 19 heavy (non-hydrogen) atoms. The highest BCUT2D eigenvalue weighted by molar-refractivity contribution is 9.10. The van der Waals surface area contributed by atoms with Crippen LogP contribution in [0.25, 0.3) is 0 Å². The third-order valence-electron chi connectivity index (χ3n) is 2.60. The number of ketones is 1. The van der Waals surface area contributed by atoms with E-state index in [-0.39, 0.29) is 17.0 Å². The van der Waals surface area contributed by atoms with Crippen LogP contribution >= 0.6 is 15.9 Å². The zero-order valence-electron chi connectivity index (χ0n) is 10.1. The summed E-state index contributed by atoms with van der Waals surface area (Å²) < 4.78 is 18.9. The van der Waals surface area contributed by atoms with Crippen molar-refractivity contribution in [1.82, 2.24) is 0 Å². The van der Waals surface area contributed by atoms with Gasteiger partial charge in [-0.2, -0.15) is 0 Å². The van der Waals surface area contributed by atoms with E-state index in [9.17, 15) is 9.18 Å². The average molecular weight is 324 g/mol. The highest BCUT2D eigenvalue weighted by Crippen LogP contribution is 2.25. The van der Waals surface area contributed by atoms with Crippen molar-refractivity contribution in [3.63, 3.8) is 0 Å². The van der Waals surface area contributed by atoms with Gasteiger partial charge in [0.05, 0.1) is 7.11 Å². The largest absolute Gasteiger partial charge is 0.497 e. The van der Waals surface area contributed by atoms with Crippen LogP contribution in [-0.2, 0) is 0 Å². The smallest absolute Gasteiger partial charge is 0.194 e. The van der Waals surface area contributed by atoms with Crippen molar-refractivity contribution in [2.45, 2.75) is 0 Å². The highest BCUT2D eigenvalue weighted by atomic mass is 79.9. The highest BCUT2D eigenvalue weighted by Gasteiger charge is 2.14. The molecule has 0 bridgehead atoms. The minimum atomic E-state index is -0.534. The molecule has 3 nitrogen and oxygen atoms in total. The Bertz CT molecular complexity index is 623. The fraction of sp³-hybridized carbons (Fsp3) is 0.0714. The lowest BCUT2D eigenvalue weighted by Gasteiger charge is -2.07. The maximum atomic E-state index is 13.3. The Morgan fingerprint density at radius 1 is 1.26 bits per heavy atom. The van der Waals surface area contributed by atoms with E-state index in [2.05, 4.69) is 15.9 Å². The van der Waals surface area contributed by atoms with Crippen LogP contribution in [0.5, 0.6) is 5.75 Å². The maximum absolute atomic E-state index is 13.3. The molecular formula is C14H11BrFNO2. The molecule has 0 saturated heterocycles. The van der Waals surface area contributed by atoms with Crippen molar-refractivity contribution in [2.75, 3.05) is 12.8 Å². The van der Waals surface area contributed by atoms with Crippen molar-refractivity contribution in [3.8, 4) is 5.75 Å². The zero-order chi connectivity index (χ0) is 14.0. The van der Waals surface area contributed by atoms with Crippen molar-refractivity contribution >= 4 is 27.4 Å². The molecule has 0 aliphatic carbocycles. The van der Waals surface area contributed by atoms with Crippen LogP contribution in [0.3, 0.4) is 0 Å². The first-order chi connectivity index (χ1) is 9.01. The second-order valence-electron chi connectivity index (χ2n) is 3.95. The second-order valence-corrected chi connectivity index (χ2v) is 4.80. The molecule has 0 spiro atoms. The SMILES string of the molecule is COc1ccc(C(=O)c2cc(N)cc(F)c2)c(Br)c1. The number of rotatable bonds is 3. The van der Waals surface area contributed by atoms with Gasteiger partial charge >= 0.3 is 0 Å². The molecule has 0 fully saturated rings. The zero-order valence-corrected chi connectivity index (χ0v) is 11.7. The number of carbonyl (C=O) groups is 1. The number of hydrogen-bond acceptors (Lipinski definition) is 3. The molecule has 2 N–H and O–H groups in total. The molecule has 0 unspecified atom stereocenters. The summed E-state index contributed by atoms with van der Waals surface area (Å²) in [7, 11) is 1.54. The molecule has 0 heterocycles. The predicted molar refractivity (Wildman–Crippen MR) is 74.9 cm³/mol. The number of ether oxygens (including phenoxy) is 1. The molecular weight excluding hydrogens is 313 g/mol. The van der Waals surface area contributed by atoms with E-state index < -0.39 is 5.82 Å². The molecule has 5 heteroatoms. The van der Waals surface area contributed by atoms with Gasteiger partial charge in [-0.3, -0.25) is 4.79 Å². The van der Waals surface area contributed by atoms with Crippen LogP contribution in [0, 0.1) is 5.82 Å². The van der Waals surface area contributed by atoms with Gasteiger partial charge in [-0.1, -0.05) is 0 Å². The number of anilines is 1. The molecule has 0 amide bonds. The van der Waals surface area contributed by atoms with Crippen LogP contribution in [-0.4, -0.2) is 12.9 Å². The van der Waals surface area contributed by atoms with E-state index >= 15 is 0 Å². The first-order valence-corrected chi connectivity index (χ1v) is 6.25. The van der Waals surface area contributed by atoms with E-state index in [0.29, 0.717) is 15.8 Å². The van der Waals surface area contributed by atoms with Crippen LogP contribution in [0.1, 0.15) is 15.9 Å². The molecule has 2 aromatic rings. The van der Waals surface area contributed by atoms with Crippen molar-refractivity contribution in [3.05, 3.63) is 57.8 Å². The van der Waals surface area contributed by atoms with Gasteiger partial charge in [0.25, 0.3) is 0 Å². The van der Waals surface area contributed by atoms with Crippen LogP contribution < -0.4 is 10.5 Å². The summed E-state index contributed by atoms with van der Waals surface area (Å²) in [6.45, 7) is 0. The van der Waals surface area contributed by atoms with E-state index in [4.69, 9.17) is 10.5 Å². The molecule has 0 aliphatic heterocycles. The maximum Gasteiger partial charge on any atom is 0.194 e. The Balaban J connectivity index is 2.44. The van der Waals surface area contributed by atoms with E-state index in [1.807, 2.05) is 0 Å². The lowest BCUT2D eigenvalue weighted by atomic mass is 10.0. The Labute approximate surface area is 118 Å². The van der Waals surface area contributed by atoms with Crippen LogP contribution in [0.4, 0.5) is 10.1 Å². The first kappa shape index (κ1) is 13.5. The molecule has 0 aromatic heterocycles. The molecule has 2 rings (SSSR count). The summed E-state index contributed by atoms with van der Waals surface area (Å²) in [6, 6.07) is 8.74. The Morgan fingerprint density at radius 3 is 2.58 bits per heavy atom. The predicted octanol–water partition coefficient (Wildman–Crippen LogP) is 3.41. The quantitative estimate of drug-likeness (QED) is 0.695. The second kappa shape index (κ2) is 5.40. The van der Waals surface area contributed by atoms with E-state index in [1.54, 1.807) is 18.2 Å². The Kier molecular flexibility index (Phi) is 3.85. The summed E-state index contributed by atoms with van der Waals surface area (Å²) in [5, 5.41) is 0. The molecule has 2 aromatic carbocycles. The number of benzene rings is 2. The molecule has 0 radical (unpaired) electrons. The Hall–Kier alpha value is -1.88. The summed E-state index contributed by atoms with van der Waals surface area (Å²) in [4.78, 5) is 12.3. The number of methoxy groups -OCH3 is 1. The minimum absolute atomic E-state index is 0.211. The van der Waals surface area contributed by atoms with E-state index in [1.165, 1.54) is 19.2 Å². The average Bonchev–Trinajstić information content (AvgIpc) is 2.36. The topological polar surface area (TPSA) is 52.3 Å². The van der Waals surface area contributed by atoms with Gasteiger partial charge in [-0.25, -0.2) is 4.39 Å². The summed E-state index contributed by atoms with van der Waals surface area (Å²) in [6.07, 6.45) is 0. The number of halogens is 2. The van der Waals surface area contributed by atoms with Crippen LogP contribution in [0.15, 0.2) is 40.9 Å². The monoisotopic (exact) mass is 323 g/mol. The van der Waals surface area contributed by atoms with Gasteiger partial charge in [0.15, 0.2) is 5.78 Å². The van der Waals surface area contributed by atoms with Crippen molar-refractivity contribution in [1.29, 1.82) is 0 Å². The molecule has 0 saturated carbocycles. The molecule has 98 valence electrons. The van der Waals surface area contributed by atoms with E-state index in [0.717, 1.165) is 6.07 Å². The number of nitrogens with two attached hydrogens (primary N) is 1. The van der Waals surface area contributed by atoms with Gasteiger partial charge in [-0.15, -0.1) is 0 Å². The third kappa shape index (κ3) is 2.93. The van der Waals surface area contributed by atoms with Gasteiger partial charge in [0.2, 0.25) is 0 Å². The van der Waals surface area contributed by atoms with Crippen molar-refractivity contribution < 1.29 is 13.9 Å². The summed E-state index contributed by atoms with van der Waals surface area (Å²) in [5.41, 5.74) is 6.38.